The Balaban J connectivity index is 1.73. The summed E-state index contributed by atoms with van der Waals surface area (Å²) >= 11 is 0. The molecule has 1 amide bonds. The number of amides is 1. The number of hydrogen-bond donors (Lipinski definition) is 2. The zero-order chi connectivity index (χ0) is 14.8. The summed E-state index contributed by atoms with van der Waals surface area (Å²) in [5.74, 6) is 0.949. The van der Waals surface area contributed by atoms with Crippen LogP contribution in [0.3, 0.4) is 0 Å². The maximum absolute atomic E-state index is 12.0. The molecule has 21 heavy (non-hydrogen) atoms. The monoisotopic (exact) mass is 284 g/mol. The Morgan fingerprint density at radius 2 is 2.19 bits per heavy atom. The number of methoxy groups -OCH3 is 1. The normalized spacial score (nSPS) is 10.8. The van der Waals surface area contributed by atoms with E-state index >= 15 is 0 Å². The predicted molar refractivity (Wildman–Crippen MR) is 79.5 cm³/mol. The summed E-state index contributed by atoms with van der Waals surface area (Å²) in [6.45, 7) is 2.25. The number of fused-ring (bicyclic) bond motifs is 1. The van der Waals surface area contributed by atoms with Crippen LogP contribution in [0.25, 0.3) is 10.9 Å². The molecule has 108 valence electrons. The zero-order valence-corrected chi connectivity index (χ0v) is 11.9. The molecule has 0 bridgehead atoms. The summed E-state index contributed by atoms with van der Waals surface area (Å²) in [6.07, 6.45) is 1.51. The highest BCUT2D eigenvalue weighted by atomic mass is 16.5. The van der Waals surface area contributed by atoms with Crippen LogP contribution in [0.5, 0.6) is 5.75 Å². The number of hydrogen-bond acceptors (Lipinski definition) is 3. The molecule has 0 aliphatic heterocycles. The zero-order valence-electron chi connectivity index (χ0n) is 11.9. The van der Waals surface area contributed by atoms with E-state index in [2.05, 4.69) is 10.3 Å². The van der Waals surface area contributed by atoms with Crippen molar-refractivity contribution in [3.05, 3.63) is 53.6 Å². The molecule has 0 aliphatic rings. The van der Waals surface area contributed by atoms with Crippen LogP contribution >= 0.6 is 0 Å². The van der Waals surface area contributed by atoms with Gasteiger partial charge < -0.3 is 19.5 Å². The molecule has 0 atom stereocenters. The number of H-pyrrole nitrogens is 1. The minimum absolute atomic E-state index is 0.214. The Bertz CT molecular complexity index is 786. The average Bonchev–Trinajstić information content (AvgIpc) is 3.09. The van der Waals surface area contributed by atoms with Crippen molar-refractivity contribution in [3.8, 4) is 5.75 Å². The van der Waals surface area contributed by atoms with Crippen molar-refractivity contribution in [2.24, 2.45) is 0 Å². The van der Waals surface area contributed by atoms with Gasteiger partial charge in [-0.05, 0) is 37.3 Å². The summed E-state index contributed by atoms with van der Waals surface area (Å²) in [4.78, 5) is 15.2. The van der Waals surface area contributed by atoms with Crippen LogP contribution in [0.4, 0.5) is 0 Å². The first-order valence-corrected chi connectivity index (χ1v) is 6.65. The average molecular weight is 284 g/mol. The Morgan fingerprint density at radius 3 is 2.90 bits per heavy atom. The van der Waals surface area contributed by atoms with Gasteiger partial charge in [0.25, 0.3) is 5.91 Å². The van der Waals surface area contributed by atoms with Crippen LogP contribution in [0, 0.1) is 6.92 Å². The van der Waals surface area contributed by atoms with E-state index in [0.717, 1.165) is 27.9 Å². The van der Waals surface area contributed by atoms with Gasteiger partial charge in [0.05, 0.1) is 19.9 Å². The molecule has 0 aliphatic carbocycles. The molecule has 2 heterocycles. The predicted octanol–water partition coefficient (Wildman–Crippen LogP) is 3.01. The minimum atomic E-state index is -0.214. The fourth-order valence-electron chi connectivity index (χ4n) is 2.25. The maximum atomic E-state index is 12.0. The SMILES string of the molecule is COc1ccc2[nH]c(CNC(=O)c3occc3C)cc2c1. The van der Waals surface area contributed by atoms with Crippen molar-refractivity contribution >= 4 is 16.8 Å². The number of carbonyl (C=O) groups is 1. The Labute approximate surface area is 121 Å². The standard InChI is InChI=1S/C16H16N2O3/c1-10-5-6-21-15(10)16(19)17-9-12-7-11-8-13(20-2)3-4-14(11)18-12/h3-8,18H,9H2,1-2H3,(H,17,19). The van der Waals surface area contributed by atoms with E-state index in [1.165, 1.54) is 6.26 Å². The van der Waals surface area contributed by atoms with Crippen LogP contribution in [0.1, 0.15) is 21.8 Å². The van der Waals surface area contributed by atoms with Crippen molar-refractivity contribution in [2.45, 2.75) is 13.5 Å². The maximum Gasteiger partial charge on any atom is 0.287 e. The van der Waals surface area contributed by atoms with Gasteiger partial charge in [-0.2, -0.15) is 0 Å². The van der Waals surface area contributed by atoms with Crippen LogP contribution in [-0.4, -0.2) is 18.0 Å². The molecule has 0 unspecified atom stereocenters. The second kappa shape index (κ2) is 5.36. The summed E-state index contributed by atoms with van der Waals surface area (Å²) in [6, 6.07) is 9.56. The number of aromatic amines is 1. The van der Waals surface area contributed by atoms with Gasteiger partial charge in [-0.3, -0.25) is 4.79 Å². The molecule has 0 saturated heterocycles. The highest BCUT2D eigenvalue weighted by Crippen LogP contribution is 2.21. The minimum Gasteiger partial charge on any atom is -0.497 e. The quantitative estimate of drug-likeness (QED) is 0.774. The molecule has 3 aromatic rings. The third-order valence-corrected chi connectivity index (χ3v) is 3.39. The lowest BCUT2D eigenvalue weighted by molar-refractivity contribution is 0.0922. The Kier molecular flexibility index (Phi) is 3.39. The van der Waals surface area contributed by atoms with E-state index in [1.807, 2.05) is 31.2 Å². The summed E-state index contributed by atoms with van der Waals surface area (Å²) < 4.78 is 10.4. The highest BCUT2D eigenvalue weighted by Gasteiger charge is 2.12. The van der Waals surface area contributed by atoms with Crippen LogP contribution < -0.4 is 10.1 Å². The topological polar surface area (TPSA) is 67.3 Å². The van der Waals surface area contributed by atoms with Crippen LogP contribution in [0.15, 0.2) is 41.0 Å². The van der Waals surface area contributed by atoms with Crippen molar-refractivity contribution in [3.63, 3.8) is 0 Å². The number of benzene rings is 1. The van der Waals surface area contributed by atoms with Crippen LogP contribution in [0.2, 0.25) is 0 Å². The van der Waals surface area contributed by atoms with Gasteiger partial charge >= 0.3 is 0 Å². The summed E-state index contributed by atoms with van der Waals surface area (Å²) in [7, 11) is 1.64. The lowest BCUT2D eigenvalue weighted by Gasteiger charge is -2.01. The molecule has 5 heteroatoms. The van der Waals surface area contributed by atoms with Gasteiger partial charge in [-0.1, -0.05) is 0 Å². The van der Waals surface area contributed by atoms with Gasteiger partial charge in [0.2, 0.25) is 0 Å². The van der Waals surface area contributed by atoms with Gasteiger partial charge in [-0.15, -0.1) is 0 Å². The van der Waals surface area contributed by atoms with Crippen molar-refractivity contribution in [1.29, 1.82) is 0 Å². The lowest BCUT2D eigenvalue weighted by atomic mass is 10.2. The number of rotatable bonds is 4. The summed E-state index contributed by atoms with van der Waals surface area (Å²) in [5, 5.41) is 3.89. The molecular formula is C16H16N2O3. The molecule has 2 aromatic heterocycles. The third kappa shape index (κ3) is 2.63. The number of nitrogens with one attached hydrogen (secondary N) is 2. The fraction of sp³-hybridized carbons (Fsp3) is 0.188. The highest BCUT2D eigenvalue weighted by molar-refractivity contribution is 5.92. The fourth-order valence-corrected chi connectivity index (χ4v) is 2.25. The first-order chi connectivity index (χ1) is 10.2. The molecule has 5 nitrogen and oxygen atoms in total. The lowest BCUT2D eigenvalue weighted by Crippen LogP contribution is -2.23. The van der Waals surface area contributed by atoms with Gasteiger partial charge in [0, 0.05) is 22.2 Å². The number of furan rings is 1. The molecule has 1 aromatic carbocycles. The molecule has 0 fully saturated rings. The van der Waals surface area contributed by atoms with Gasteiger partial charge in [-0.25, -0.2) is 0 Å². The van der Waals surface area contributed by atoms with Crippen molar-refractivity contribution in [1.82, 2.24) is 10.3 Å². The van der Waals surface area contributed by atoms with E-state index in [-0.39, 0.29) is 5.91 Å². The molecule has 0 radical (unpaired) electrons. The van der Waals surface area contributed by atoms with E-state index in [9.17, 15) is 4.79 Å². The first-order valence-electron chi connectivity index (χ1n) is 6.65. The van der Waals surface area contributed by atoms with Crippen molar-refractivity contribution in [2.75, 3.05) is 7.11 Å². The number of ether oxygens (including phenoxy) is 1. The second-order valence-electron chi connectivity index (χ2n) is 4.86. The number of aromatic nitrogens is 1. The summed E-state index contributed by atoms with van der Waals surface area (Å²) in [5.41, 5.74) is 2.76. The molecule has 3 rings (SSSR count). The number of carbonyl (C=O) groups excluding carboxylic acids is 1. The molecular weight excluding hydrogens is 268 g/mol. The van der Waals surface area contributed by atoms with E-state index in [4.69, 9.17) is 9.15 Å². The van der Waals surface area contributed by atoms with Gasteiger partial charge in [0.15, 0.2) is 5.76 Å². The molecule has 0 saturated carbocycles. The first kappa shape index (κ1) is 13.3. The largest absolute Gasteiger partial charge is 0.497 e. The Morgan fingerprint density at radius 1 is 1.33 bits per heavy atom. The second-order valence-corrected chi connectivity index (χ2v) is 4.86. The van der Waals surface area contributed by atoms with Crippen LogP contribution in [-0.2, 0) is 6.54 Å². The molecule has 2 N–H and O–H groups in total. The van der Waals surface area contributed by atoms with E-state index in [1.54, 1.807) is 13.2 Å². The number of aryl methyl sites for hydroxylation is 1. The Hall–Kier alpha value is -2.69. The van der Waals surface area contributed by atoms with Gasteiger partial charge in [0.1, 0.15) is 5.75 Å². The van der Waals surface area contributed by atoms with E-state index in [0.29, 0.717) is 12.3 Å². The smallest absolute Gasteiger partial charge is 0.287 e. The molecule has 0 spiro atoms. The third-order valence-electron chi connectivity index (χ3n) is 3.39. The van der Waals surface area contributed by atoms with Crippen molar-refractivity contribution < 1.29 is 13.9 Å². The van der Waals surface area contributed by atoms with E-state index < -0.39 is 0 Å².